The van der Waals surface area contributed by atoms with E-state index in [1.165, 1.54) is 17.8 Å². The zero-order chi connectivity index (χ0) is 21.3. The average Bonchev–Trinajstić information content (AvgIpc) is 3.18. The van der Waals surface area contributed by atoms with E-state index in [0.717, 1.165) is 25.7 Å². The first-order valence-electron chi connectivity index (χ1n) is 10.2. The molecule has 1 aromatic heterocycles. The van der Waals surface area contributed by atoms with Crippen molar-refractivity contribution in [1.82, 2.24) is 15.3 Å². The predicted molar refractivity (Wildman–Crippen MR) is 118 cm³/mol. The Balaban J connectivity index is 0.00000272. The van der Waals surface area contributed by atoms with E-state index >= 15 is 0 Å². The number of nitrogens with zero attached hydrogens (tertiary/aromatic N) is 1. The fourth-order valence-electron chi connectivity index (χ4n) is 4.21. The summed E-state index contributed by atoms with van der Waals surface area (Å²) < 4.78 is 53.4. The van der Waals surface area contributed by atoms with Crippen LogP contribution in [0.15, 0.2) is 16.9 Å². The number of fused-ring (bicyclic) bond motifs is 1. The standard InChI is InChI=1S/C20H24F4N4OS.ClH/c21-14-7-12(26-11-3-1-2-4-11)8-15-18(14)19(29)28-17(27-15)10-30-13-5-6-25-16(9-13)20(22,23)24;/h7-8,11,13,16,25-26H,1-6,9-10H2,(H,27,28,29);1H/t13-,16+;/m1./s1. The molecule has 0 unspecified atom stereocenters. The first-order chi connectivity index (χ1) is 14.3. The summed E-state index contributed by atoms with van der Waals surface area (Å²) in [6, 6.07) is 1.77. The van der Waals surface area contributed by atoms with Gasteiger partial charge in [0.05, 0.1) is 11.3 Å². The van der Waals surface area contributed by atoms with Crippen molar-refractivity contribution in [2.24, 2.45) is 0 Å². The van der Waals surface area contributed by atoms with Crippen molar-refractivity contribution in [2.75, 3.05) is 11.9 Å². The van der Waals surface area contributed by atoms with E-state index in [1.54, 1.807) is 6.07 Å². The Morgan fingerprint density at radius 3 is 2.65 bits per heavy atom. The number of anilines is 1. The molecule has 1 aromatic carbocycles. The summed E-state index contributed by atoms with van der Waals surface area (Å²) in [7, 11) is 0. The van der Waals surface area contributed by atoms with Crippen LogP contribution in [0.25, 0.3) is 10.9 Å². The van der Waals surface area contributed by atoms with E-state index in [0.29, 0.717) is 30.5 Å². The van der Waals surface area contributed by atoms with Gasteiger partial charge in [0, 0.05) is 17.0 Å². The van der Waals surface area contributed by atoms with Crippen LogP contribution in [0, 0.1) is 5.82 Å². The Bertz CT molecular complexity index is 965. The van der Waals surface area contributed by atoms with Gasteiger partial charge in [-0.1, -0.05) is 12.8 Å². The first-order valence-corrected chi connectivity index (χ1v) is 11.2. The molecule has 2 aromatic rings. The summed E-state index contributed by atoms with van der Waals surface area (Å²) >= 11 is 1.34. The smallest absolute Gasteiger partial charge is 0.382 e. The average molecular weight is 481 g/mol. The maximum absolute atomic E-state index is 14.5. The van der Waals surface area contributed by atoms with Gasteiger partial charge >= 0.3 is 6.18 Å². The minimum atomic E-state index is -4.27. The third-order valence-electron chi connectivity index (χ3n) is 5.74. The van der Waals surface area contributed by atoms with Gasteiger partial charge in [-0.05, 0) is 44.4 Å². The number of aromatic nitrogens is 2. The van der Waals surface area contributed by atoms with Gasteiger partial charge in [0.15, 0.2) is 0 Å². The first kappa shape index (κ1) is 24.1. The van der Waals surface area contributed by atoms with Crippen molar-refractivity contribution < 1.29 is 17.6 Å². The summed E-state index contributed by atoms with van der Waals surface area (Å²) in [4.78, 5) is 19.4. The molecule has 2 heterocycles. The third-order valence-corrected chi connectivity index (χ3v) is 7.08. The largest absolute Gasteiger partial charge is 0.403 e. The number of piperidine rings is 1. The van der Waals surface area contributed by atoms with E-state index in [-0.39, 0.29) is 40.7 Å². The molecule has 1 aliphatic carbocycles. The Hall–Kier alpha value is -1.52. The van der Waals surface area contributed by atoms with Gasteiger partial charge in [0.25, 0.3) is 5.56 Å². The van der Waals surface area contributed by atoms with E-state index in [2.05, 4.69) is 20.6 Å². The molecule has 4 rings (SSSR count). The number of hydrogen-bond donors (Lipinski definition) is 3. The number of halogens is 5. The van der Waals surface area contributed by atoms with Crippen LogP contribution >= 0.6 is 24.2 Å². The minimum absolute atomic E-state index is 0. The summed E-state index contributed by atoms with van der Waals surface area (Å²) in [5.41, 5.74) is 0.280. The van der Waals surface area contributed by atoms with Gasteiger partial charge in [-0.25, -0.2) is 9.37 Å². The molecule has 1 saturated carbocycles. The summed E-state index contributed by atoms with van der Waals surface area (Å²) in [6.45, 7) is 0.297. The molecule has 0 bridgehead atoms. The highest BCUT2D eigenvalue weighted by molar-refractivity contribution is 7.99. The number of thioether (sulfide) groups is 1. The van der Waals surface area contributed by atoms with Crippen LogP contribution in [0.3, 0.4) is 0 Å². The molecular weight excluding hydrogens is 456 g/mol. The van der Waals surface area contributed by atoms with Crippen LogP contribution in [0.5, 0.6) is 0 Å². The number of nitrogens with one attached hydrogen (secondary N) is 3. The number of benzene rings is 1. The second-order valence-corrected chi connectivity index (χ2v) is 9.28. The number of rotatable bonds is 5. The van der Waals surface area contributed by atoms with Crippen LogP contribution < -0.4 is 16.2 Å². The van der Waals surface area contributed by atoms with Crippen molar-refractivity contribution in [3.8, 4) is 0 Å². The van der Waals surface area contributed by atoms with Crippen LogP contribution in [0.4, 0.5) is 23.2 Å². The van der Waals surface area contributed by atoms with Crippen LogP contribution in [0.2, 0.25) is 0 Å². The van der Waals surface area contributed by atoms with Crippen LogP contribution in [-0.4, -0.2) is 40.0 Å². The lowest BCUT2D eigenvalue weighted by Gasteiger charge is -2.31. The number of H-pyrrole nitrogens is 1. The molecule has 0 amide bonds. The van der Waals surface area contributed by atoms with Gasteiger partial charge < -0.3 is 15.6 Å². The van der Waals surface area contributed by atoms with Gasteiger partial charge in [-0.2, -0.15) is 24.9 Å². The Morgan fingerprint density at radius 1 is 1.19 bits per heavy atom. The van der Waals surface area contributed by atoms with Crippen molar-refractivity contribution in [2.45, 2.75) is 67.8 Å². The van der Waals surface area contributed by atoms with E-state index < -0.39 is 23.6 Å². The highest BCUT2D eigenvalue weighted by Gasteiger charge is 2.42. The van der Waals surface area contributed by atoms with Gasteiger partial charge in [-0.15, -0.1) is 12.4 Å². The Labute approximate surface area is 187 Å². The second kappa shape index (κ2) is 9.95. The molecular formula is C20H25ClF4N4OS. The fourth-order valence-corrected chi connectivity index (χ4v) is 5.35. The second-order valence-electron chi connectivity index (χ2n) is 8.00. The molecule has 2 aliphatic rings. The molecule has 2 atom stereocenters. The zero-order valence-electron chi connectivity index (χ0n) is 16.7. The molecule has 2 fully saturated rings. The molecule has 1 saturated heterocycles. The van der Waals surface area contributed by atoms with Crippen LogP contribution in [-0.2, 0) is 5.75 Å². The van der Waals surface area contributed by atoms with E-state index in [9.17, 15) is 22.4 Å². The molecule has 31 heavy (non-hydrogen) atoms. The summed E-state index contributed by atoms with van der Waals surface area (Å²) in [5.74, 6) is -0.0215. The summed E-state index contributed by atoms with van der Waals surface area (Å²) in [5, 5.41) is 5.52. The minimum Gasteiger partial charge on any atom is -0.382 e. The molecule has 1 aliphatic heterocycles. The zero-order valence-corrected chi connectivity index (χ0v) is 18.4. The van der Waals surface area contributed by atoms with Crippen molar-refractivity contribution in [3.05, 3.63) is 34.1 Å². The number of alkyl halides is 3. The normalized spacial score (nSPS) is 22.5. The van der Waals surface area contributed by atoms with Gasteiger partial charge in [0.2, 0.25) is 0 Å². The van der Waals surface area contributed by atoms with E-state index in [1.807, 2.05) is 0 Å². The molecule has 5 nitrogen and oxygen atoms in total. The van der Waals surface area contributed by atoms with E-state index in [4.69, 9.17) is 0 Å². The molecule has 172 valence electrons. The molecule has 3 N–H and O–H groups in total. The highest BCUT2D eigenvalue weighted by Crippen LogP contribution is 2.32. The molecule has 11 heteroatoms. The Kier molecular flexibility index (Phi) is 7.75. The summed E-state index contributed by atoms with van der Waals surface area (Å²) in [6.07, 6.45) is 0.654. The maximum Gasteiger partial charge on any atom is 0.403 e. The van der Waals surface area contributed by atoms with Crippen molar-refractivity contribution >= 4 is 40.8 Å². The van der Waals surface area contributed by atoms with Gasteiger partial charge in [0.1, 0.15) is 23.1 Å². The fraction of sp³-hybridized carbons (Fsp3) is 0.600. The Morgan fingerprint density at radius 2 is 1.94 bits per heavy atom. The lowest BCUT2D eigenvalue weighted by atomic mass is 10.0. The highest BCUT2D eigenvalue weighted by atomic mass is 35.5. The SMILES string of the molecule is Cl.O=c1[nH]c(CS[C@@H]2CCN[C@H](C(F)(F)F)C2)nc2cc(NC3CCCC3)cc(F)c12. The topological polar surface area (TPSA) is 69.8 Å². The van der Waals surface area contributed by atoms with Crippen molar-refractivity contribution in [3.63, 3.8) is 0 Å². The maximum atomic E-state index is 14.5. The van der Waals surface area contributed by atoms with Crippen LogP contribution in [0.1, 0.15) is 44.3 Å². The predicted octanol–water partition coefficient (Wildman–Crippen LogP) is 4.75. The lowest BCUT2D eigenvalue weighted by Crippen LogP contribution is -2.48. The third kappa shape index (κ3) is 5.84. The quantitative estimate of drug-likeness (QED) is 0.538. The lowest BCUT2D eigenvalue weighted by molar-refractivity contribution is -0.159. The molecule has 0 radical (unpaired) electrons. The monoisotopic (exact) mass is 480 g/mol. The van der Waals surface area contributed by atoms with Crippen molar-refractivity contribution in [1.29, 1.82) is 0 Å². The van der Waals surface area contributed by atoms with Gasteiger partial charge in [-0.3, -0.25) is 4.79 Å². The number of aromatic amines is 1. The number of hydrogen-bond acceptors (Lipinski definition) is 5. The molecule has 0 spiro atoms.